The molecule has 0 spiro atoms. The number of nitrogens with zero attached hydrogens (tertiary/aromatic N) is 1. The minimum absolute atomic E-state index is 0.120. The number of methoxy groups -OCH3 is 1. The van der Waals surface area contributed by atoms with Crippen LogP contribution in [0, 0.1) is 0 Å². The van der Waals surface area contributed by atoms with E-state index in [4.69, 9.17) is 9.47 Å². The summed E-state index contributed by atoms with van der Waals surface area (Å²) in [5.41, 5.74) is 4.54. The van der Waals surface area contributed by atoms with Crippen LogP contribution < -0.4 is 10.1 Å². The molecule has 0 unspecified atom stereocenters. The van der Waals surface area contributed by atoms with Gasteiger partial charge in [0.1, 0.15) is 12.4 Å². The number of carbonyl (C=O) groups is 1. The van der Waals surface area contributed by atoms with E-state index in [0.29, 0.717) is 6.61 Å². The van der Waals surface area contributed by atoms with Crippen LogP contribution in [0.5, 0.6) is 5.75 Å². The number of cyclic esters (lactones) is 1. The summed E-state index contributed by atoms with van der Waals surface area (Å²) in [7, 11) is 1.68. The Kier molecular flexibility index (Phi) is 5.53. The Morgan fingerprint density at radius 3 is 2.68 bits per heavy atom. The van der Waals surface area contributed by atoms with Crippen molar-refractivity contribution in [3.63, 3.8) is 0 Å². The van der Waals surface area contributed by atoms with Crippen LogP contribution in [-0.2, 0) is 11.2 Å². The molecule has 2 aromatic carbocycles. The number of nitrogens with one attached hydrogen (secondary N) is 1. The van der Waals surface area contributed by atoms with Crippen molar-refractivity contribution in [3.8, 4) is 16.9 Å². The molecule has 1 amide bonds. The smallest absolute Gasteiger partial charge is 0.407 e. The summed E-state index contributed by atoms with van der Waals surface area (Å²) in [6.45, 7) is 5.05. The van der Waals surface area contributed by atoms with Crippen molar-refractivity contribution in [3.05, 3.63) is 53.6 Å². The average Bonchev–Trinajstić information content (AvgIpc) is 3.34. The number of rotatable bonds is 6. The van der Waals surface area contributed by atoms with E-state index in [2.05, 4.69) is 47.5 Å². The van der Waals surface area contributed by atoms with Gasteiger partial charge in [-0.05, 0) is 55.5 Å². The van der Waals surface area contributed by atoms with Crippen molar-refractivity contribution in [1.82, 2.24) is 10.2 Å². The van der Waals surface area contributed by atoms with Gasteiger partial charge < -0.3 is 19.7 Å². The highest BCUT2D eigenvalue weighted by Gasteiger charge is 2.24. The van der Waals surface area contributed by atoms with E-state index in [0.717, 1.165) is 41.4 Å². The molecule has 0 aromatic heterocycles. The molecule has 0 aliphatic carbocycles. The van der Waals surface area contributed by atoms with E-state index in [9.17, 15) is 4.79 Å². The Morgan fingerprint density at radius 2 is 2.04 bits per heavy atom. The number of carbonyl (C=O) groups excluding carboxylic acids is 1. The normalized spacial score (nSPS) is 22.1. The van der Waals surface area contributed by atoms with Crippen molar-refractivity contribution in [2.45, 2.75) is 38.3 Å². The number of benzene rings is 2. The first-order valence-corrected chi connectivity index (χ1v) is 10.1. The Labute approximate surface area is 166 Å². The molecule has 2 heterocycles. The first kappa shape index (κ1) is 18.8. The monoisotopic (exact) mass is 380 g/mol. The second-order valence-electron chi connectivity index (χ2n) is 7.73. The Balaban J connectivity index is 1.46. The van der Waals surface area contributed by atoms with Gasteiger partial charge in [-0.2, -0.15) is 0 Å². The topological polar surface area (TPSA) is 50.8 Å². The fraction of sp³-hybridized carbons (Fsp3) is 0.435. The van der Waals surface area contributed by atoms with E-state index >= 15 is 0 Å². The van der Waals surface area contributed by atoms with Gasteiger partial charge >= 0.3 is 6.09 Å². The quantitative estimate of drug-likeness (QED) is 0.817. The van der Waals surface area contributed by atoms with Crippen LogP contribution in [-0.4, -0.2) is 43.8 Å². The summed E-state index contributed by atoms with van der Waals surface area (Å²) in [6, 6.07) is 15.4. The molecule has 4 rings (SSSR count). The zero-order valence-electron chi connectivity index (χ0n) is 16.6. The van der Waals surface area contributed by atoms with Crippen LogP contribution in [0.25, 0.3) is 11.1 Å². The molecule has 2 fully saturated rings. The molecule has 0 radical (unpaired) electrons. The van der Waals surface area contributed by atoms with Gasteiger partial charge in [-0.15, -0.1) is 0 Å². The molecule has 0 saturated carbocycles. The van der Waals surface area contributed by atoms with Crippen LogP contribution in [0.2, 0.25) is 0 Å². The van der Waals surface area contributed by atoms with Crippen LogP contribution in [0.3, 0.4) is 0 Å². The van der Waals surface area contributed by atoms with Crippen LogP contribution in [0.4, 0.5) is 4.79 Å². The van der Waals surface area contributed by atoms with E-state index in [-0.39, 0.29) is 12.1 Å². The number of amides is 1. The Bertz CT molecular complexity index is 834. The molecule has 2 atom stereocenters. The van der Waals surface area contributed by atoms with Gasteiger partial charge in [0.2, 0.25) is 0 Å². The largest absolute Gasteiger partial charge is 0.496 e. The van der Waals surface area contributed by atoms with Crippen molar-refractivity contribution >= 4 is 6.09 Å². The summed E-state index contributed by atoms with van der Waals surface area (Å²) in [4.78, 5) is 13.9. The van der Waals surface area contributed by atoms with E-state index in [1.165, 1.54) is 24.9 Å². The summed E-state index contributed by atoms with van der Waals surface area (Å²) in [5, 5.41) is 2.81. The molecule has 5 heteroatoms. The van der Waals surface area contributed by atoms with E-state index in [1.807, 2.05) is 12.1 Å². The van der Waals surface area contributed by atoms with E-state index < -0.39 is 0 Å². The summed E-state index contributed by atoms with van der Waals surface area (Å²) in [6.07, 6.45) is 3.37. The predicted octanol–water partition coefficient (Wildman–Crippen LogP) is 4.17. The van der Waals surface area contributed by atoms with Crippen molar-refractivity contribution in [2.75, 3.05) is 26.8 Å². The molecule has 2 aliphatic rings. The second-order valence-corrected chi connectivity index (χ2v) is 7.73. The highest BCUT2D eigenvalue weighted by Crippen LogP contribution is 2.33. The number of hydrogen-bond acceptors (Lipinski definition) is 4. The third-order valence-electron chi connectivity index (χ3n) is 5.94. The fourth-order valence-electron chi connectivity index (χ4n) is 4.18. The molecule has 2 saturated heterocycles. The Morgan fingerprint density at radius 1 is 1.21 bits per heavy atom. The first-order chi connectivity index (χ1) is 13.6. The third kappa shape index (κ3) is 3.99. The molecule has 5 nitrogen and oxygen atoms in total. The lowest BCUT2D eigenvalue weighted by molar-refractivity contribution is 0.177. The Hall–Kier alpha value is -2.53. The maximum absolute atomic E-state index is 11.3. The van der Waals surface area contributed by atoms with Crippen molar-refractivity contribution in [2.24, 2.45) is 0 Å². The maximum Gasteiger partial charge on any atom is 0.407 e. The molecular weight excluding hydrogens is 352 g/mol. The molecule has 0 bridgehead atoms. The van der Waals surface area contributed by atoms with Crippen LogP contribution >= 0.6 is 0 Å². The standard InChI is InChI=1S/C23H28N2O3/c1-16-4-3-12-25(16)13-11-17-5-7-18(8-6-17)20-10-9-19(14-22(20)27-2)21-15-28-23(26)24-21/h5-10,14,16,21H,3-4,11-13,15H2,1-2H3,(H,24,26)/t16-,21+/m1/s1. The van der Waals surface area contributed by atoms with Gasteiger partial charge in [-0.1, -0.05) is 36.4 Å². The zero-order valence-corrected chi connectivity index (χ0v) is 16.6. The van der Waals surface area contributed by atoms with Crippen LogP contribution in [0.15, 0.2) is 42.5 Å². The van der Waals surface area contributed by atoms with Gasteiger partial charge in [0.05, 0.1) is 13.2 Å². The number of hydrogen-bond donors (Lipinski definition) is 1. The molecule has 148 valence electrons. The molecule has 1 N–H and O–H groups in total. The SMILES string of the molecule is COc1cc([C@@H]2COC(=O)N2)ccc1-c1ccc(CCN2CCC[C@H]2C)cc1. The minimum Gasteiger partial charge on any atom is -0.496 e. The predicted molar refractivity (Wildman–Crippen MR) is 110 cm³/mol. The minimum atomic E-state index is -0.369. The molecular formula is C23H28N2O3. The second kappa shape index (κ2) is 8.23. The lowest BCUT2D eigenvalue weighted by Gasteiger charge is -2.20. The fourth-order valence-corrected chi connectivity index (χ4v) is 4.18. The molecule has 2 aliphatic heterocycles. The van der Waals surface area contributed by atoms with Gasteiger partial charge in [0, 0.05) is 18.2 Å². The number of ether oxygens (including phenoxy) is 2. The van der Waals surface area contributed by atoms with E-state index in [1.54, 1.807) is 7.11 Å². The highest BCUT2D eigenvalue weighted by molar-refractivity contribution is 5.73. The summed E-state index contributed by atoms with van der Waals surface area (Å²) < 4.78 is 10.6. The first-order valence-electron chi connectivity index (χ1n) is 10.1. The number of likely N-dealkylation sites (tertiary alicyclic amines) is 1. The third-order valence-corrected chi connectivity index (χ3v) is 5.94. The zero-order chi connectivity index (χ0) is 19.5. The molecule has 28 heavy (non-hydrogen) atoms. The van der Waals surface area contributed by atoms with Gasteiger partial charge in [-0.25, -0.2) is 4.79 Å². The summed E-state index contributed by atoms with van der Waals surface area (Å²) in [5.74, 6) is 0.803. The van der Waals surface area contributed by atoms with Crippen molar-refractivity contribution < 1.29 is 14.3 Å². The lowest BCUT2D eigenvalue weighted by Crippen LogP contribution is -2.28. The van der Waals surface area contributed by atoms with Gasteiger partial charge in [0.25, 0.3) is 0 Å². The summed E-state index contributed by atoms with van der Waals surface area (Å²) >= 11 is 0. The van der Waals surface area contributed by atoms with Crippen LogP contribution in [0.1, 0.15) is 36.9 Å². The maximum atomic E-state index is 11.3. The van der Waals surface area contributed by atoms with Gasteiger partial charge in [-0.3, -0.25) is 0 Å². The molecule has 2 aromatic rings. The average molecular weight is 380 g/mol. The van der Waals surface area contributed by atoms with Gasteiger partial charge in [0.15, 0.2) is 0 Å². The number of alkyl carbamates (subject to hydrolysis) is 1. The van der Waals surface area contributed by atoms with Crippen molar-refractivity contribution in [1.29, 1.82) is 0 Å². The lowest BCUT2D eigenvalue weighted by atomic mass is 9.98. The highest BCUT2D eigenvalue weighted by atomic mass is 16.6.